The number of pyridine rings is 1. The predicted molar refractivity (Wildman–Crippen MR) is 72.2 cm³/mol. The number of aliphatic hydroxyl groups excluding tert-OH is 1. The van der Waals surface area contributed by atoms with E-state index in [-0.39, 0.29) is 5.82 Å². The molecule has 2 N–H and O–H groups in total. The van der Waals surface area contributed by atoms with Crippen molar-refractivity contribution in [1.82, 2.24) is 10.3 Å². The second-order valence-electron chi connectivity index (χ2n) is 4.38. The van der Waals surface area contributed by atoms with Crippen LogP contribution in [0.3, 0.4) is 0 Å². The molecule has 0 bridgehead atoms. The number of benzene rings is 1. The first-order valence-electron chi connectivity index (χ1n) is 6.29. The fourth-order valence-corrected chi connectivity index (χ4v) is 1.82. The van der Waals surface area contributed by atoms with Crippen LogP contribution in [0, 0.1) is 5.82 Å². The van der Waals surface area contributed by atoms with Crippen molar-refractivity contribution in [3.63, 3.8) is 0 Å². The summed E-state index contributed by atoms with van der Waals surface area (Å²) in [6.45, 7) is 1.22. The number of hydrogen-bond acceptors (Lipinski definition) is 3. The van der Waals surface area contributed by atoms with Gasteiger partial charge in [0.2, 0.25) is 0 Å². The third kappa shape index (κ3) is 4.43. The molecule has 1 heterocycles. The minimum Gasteiger partial charge on any atom is -0.387 e. The highest BCUT2D eigenvalue weighted by Gasteiger charge is 2.06. The van der Waals surface area contributed by atoms with Gasteiger partial charge in [0.1, 0.15) is 5.82 Å². The van der Waals surface area contributed by atoms with Crippen LogP contribution in [-0.4, -0.2) is 23.2 Å². The summed E-state index contributed by atoms with van der Waals surface area (Å²) in [6, 6.07) is 9.84. The van der Waals surface area contributed by atoms with Crippen molar-refractivity contribution in [2.75, 3.05) is 13.1 Å². The standard InChI is InChI=1S/C15H17FN2O/c16-14-5-3-13(4-6-14)15(19)11-18-9-7-12-2-1-8-17-10-12/h1-6,8,10,15,18-19H,7,9,11H2. The van der Waals surface area contributed by atoms with Gasteiger partial charge in [0.05, 0.1) is 6.10 Å². The molecule has 0 aliphatic heterocycles. The molecule has 19 heavy (non-hydrogen) atoms. The van der Waals surface area contributed by atoms with Crippen LogP contribution >= 0.6 is 0 Å². The van der Waals surface area contributed by atoms with E-state index in [9.17, 15) is 9.50 Å². The number of hydrogen-bond donors (Lipinski definition) is 2. The largest absolute Gasteiger partial charge is 0.387 e. The van der Waals surface area contributed by atoms with Gasteiger partial charge in [0, 0.05) is 18.9 Å². The van der Waals surface area contributed by atoms with Crippen molar-refractivity contribution in [3.05, 3.63) is 65.7 Å². The van der Waals surface area contributed by atoms with Crippen molar-refractivity contribution in [2.45, 2.75) is 12.5 Å². The number of aliphatic hydroxyl groups is 1. The molecule has 0 saturated carbocycles. The Balaban J connectivity index is 1.72. The molecule has 0 aliphatic rings. The first-order valence-corrected chi connectivity index (χ1v) is 6.29. The van der Waals surface area contributed by atoms with Gasteiger partial charge in [-0.15, -0.1) is 0 Å². The lowest BCUT2D eigenvalue weighted by molar-refractivity contribution is 0.175. The summed E-state index contributed by atoms with van der Waals surface area (Å²) in [6.07, 6.45) is 3.83. The lowest BCUT2D eigenvalue weighted by Crippen LogP contribution is -2.23. The molecule has 1 atom stereocenters. The minimum atomic E-state index is -0.616. The van der Waals surface area contributed by atoms with E-state index < -0.39 is 6.10 Å². The fraction of sp³-hybridized carbons (Fsp3) is 0.267. The maximum absolute atomic E-state index is 12.7. The van der Waals surface area contributed by atoms with Crippen LogP contribution in [0.25, 0.3) is 0 Å². The van der Waals surface area contributed by atoms with Crippen molar-refractivity contribution < 1.29 is 9.50 Å². The van der Waals surface area contributed by atoms with Gasteiger partial charge in [-0.05, 0) is 42.3 Å². The molecule has 0 fully saturated rings. The molecule has 0 aliphatic carbocycles. The molecule has 100 valence electrons. The minimum absolute atomic E-state index is 0.291. The highest BCUT2D eigenvalue weighted by atomic mass is 19.1. The molecule has 1 aromatic heterocycles. The molecule has 4 heteroatoms. The molecule has 3 nitrogen and oxygen atoms in total. The highest BCUT2D eigenvalue weighted by Crippen LogP contribution is 2.12. The smallest absolute Gasteiger partial charge is 0.123 e. The van der Waals surface area contributed by atoms with Gasteiger partial charge >= 0.3 is 0 Å². The molecule has 0 spiro atoms. The summed E-state index contributed by atoms with van der Waals surface area (Å²) in [4.78, 5) is 4.04. The Labute approximate surface area is 112 Å². The van der Waals surface area contributed by atoms with Gasteiger partial charge in [0.15, 0.2) is 0 Å². The zero-order valence-corrected chi connectivity index (χ0v) is 10.6. The van der Waals surface area contributed by atoms with Crippen LogP contribution in [0.4, 0.5) is 4.39 Å². The Hall–Kier alpha value is -1.78. The SMILES string of the molecule is OC(CNCCc1cccnc1)c1ccc(F)cc1. The number of aromatic nitrogens is 1. The molecular formula is C15H17FN2O. The van der Waals surface area contributed by atoms with E-state index in [1.54, 1.807) is 18.3 Å². The Morgan fingerprint density at radius 2 is 2.00 bits per heavy atom. The molecule has 0 amide bonds. The summed E-state index contributed by atoms with van der Waals surface area (Å²) >= 11 is 0. The van der Waals surface area contributed by atoms with Gasteiger partial charge in [-0.1, -0.05) is 18.2 Å². The summed E-state index contributed by atoms with van der Waals surface area (Å²) in [7, 11) is 0. The first kappa shape index (κ1) is 13.6. The number of rotatable bonds is 6. The van der Waals surface area contributed by atoms with E-state index in [2.05, 4.69) is 10.3 Å². The molecule has 2 rings (SSSR count). The average molecular weight is 260 g/mol. The summed E-state index contributed by atoms with van der Waals surface area (Å²) in [5.41, 5.74) is 1.88. The molecule has 0 radical (unpaired) electrons. The van der Waals surface area contributed by atoms with Crippen LogP contribution in [0.1, 0.15) is 17.2 Å². The topological polar surface area (TPSA) is 45.1 Å². The van der Waals surface area contributed by atoms with E-state index >= 15 is 0 Å². The Morgan fingerprint density at radius 3 is 2.68 bits per heavy atom. The maximum Gasteiger partial charge on any atom is 0.123 e. The number of halogens is 1. The molecule has 2 aromatic rings. The summed E-state index contributed by atoms with van der Waals surface area (Å²) in [5.74, 6) is -0.291. The molecule has 0 saturated heterocycles. The molecular weight excluding hydrogens is 243 g/mol. The van der Waals surface area contributed by atoms with Gasteiger partial charge < -0.3 is 10.4 Å². The van der Waals surface area contributed by atoms with Crippen molar-refractivity contribution >= 4 is 0 Å². The fourth-order valence-electron chi connectivity index (χ4n) is 1.82. The van der Waals surface area contributed by atoms with E-state index in [0.717, 1.165) is 24.1 Å². The van der Waals surface area contributed by atoms with Crippen molar-refractivity contribution in [2.24, 2.45) is 0 Å². The lowest BCUT2D eigenvalue weighted by Gasteiger charge is -2.12. The van der Waals surface area contributed by atoms with Crippen LogP contribution in [0.2, 0.25) is 0 Å². The monoisotopic (exact) mass is 260 g/mol. The van der Waals surface area contributed by atoms with Gasteiger partial charge in [-0.3, -0.25) is 4.98 Å². The highest BCUT2D eigenvalue weighted by molar-refractivity contribution is 5.18. The zero-order chi connectivity index (χ0) is 13.5. The lowest BCUT2D eigenvalue weighted by atomic mass is 10.1. The summed E-state index contributed by atoms with van der Waals surface area (Å²) in [5, 5.41) is 13.1. The van der Waals surface area contributed by atoms with E-state index in [1.165, 1.54) is 12.1 Å². The number of nitrogens with zero attached hydrogens (tertiary/aromatic N) is 1. The van der Waals surface area contributed by atoms with E-state index in [4.69, 9.17) is 0 Å². The van der Waals surface area contributed by atoms with Crippen molar-refractivity contribution in [1.29, 1.82) is 0 Å². The normalized spacial score (nSPS) is 12.3. The summed E-state index contributed by atoms with van der Waals surface area (Å²) < 4.78 is 12.7. The van der Waals surface area contributed by atoms with Gasteiger partial charge in [-0.2, -0.15) is 0 Å². The Morgan fingerprint density at radius 1 is 1.21 bits per heavy atom. The maximum atomic E-state index is 12.7. The Bertz CT molecular complexity index is 487. The van der Waals surface area contributed by atoms with Gasteiger partial charge in [0.25, 0.3) is 0 Å². The van der Waals surface area contributed by atoms with Crippen LogP contribution in [-0.2, 0) is 6.42 Å². The average Bonchev–Trinajstić information content (AvgIpc) is 2.45. The van der Waals surface area contributed by atoms with Crippen molar-refractivity contribution in [3.8, 4) is 0 Å². The van der Waals surface area contributed by atoms with Crippen LogP contribution < -0.4 is 5.32 Å². The Kier molecular flexibility index (Phi) is 5.01. The first-order chi connectivity index (χ1) is 9.25. The van der Waals surface area contributed by atoms with E-state index in [0.29, 0.717) is 6.54 Å². The predicted octanol–water partition coefficient (Wildman–Crippen LogP) is 2.09. The van der Waals surface area contributed by atoms with E-state index in [1.807, 2.05) is 18.3 Å². The van der Waals surface area contributed by atoms with Crippen LogP contribution in [0.15, 0.2) is 48.8 Å². The zero-order valence-electron chi connectivity index (χ0n) is 10.6. The quantitative estimate of drug-likeness (QED) is 0.782. The van der Waals surface area contributed by atoms with Crippen LogP contribution in [0.5, 0.6) is 0 Å². The third-order valence-corrected chi connectivity index (χ3v) is 2.91. The molecule has 1 unspecified atom stereocenters. The second-order valence-corrected chi connectivity index (χ2v) is 4.38. The van der Waals surface area contributed by atoms with Gasteiger partial charge in [-0.25, -0.2) is 4.39 Å². The third-order valence-electron chi connectivity index (χ3n) is 2.91. The molecule has 1 aromatic carbocycles. The number of nitrogens with one attached hydrogen (secondary N) is 1. The second kappa shape index (κ2) is 6.97.